The molecule has 1 heterocycles. The van der Waals surface area contributed by atoms with Gasteiger partial charge in [0.25, 0.3) is 5.56 Å². The molecule has 0 aliphatic rings. The Morgan fingerprint density at radius 2 is 2.21 bits per heavy atom. The SMILES string of the molecule is CCCCCC(C)NC(=O)Nc1nc(C)cc(=O)[nH]1. The first kappa shape index (κ1) is 15.2. The number of anilines is 1. The number of hydrogen-bond donors (Lipinski definition) is 3. The minimum atomic E-state index is -0.349. The van der Waals surface area contributed by atoms with Gasteiger partial charge in [-0.15, -0.1) is 0 Å². The Hall–Kier alpha value is -1.85. The van der Waals surface area contributed by atoms with Crippen molar-refractivity contribution in [2.24, 2.45) is 0 Å². The molecule has 1 atom stereocenters. The summed E-state index contributed by atoms with van der Waals surface area (Å²) in [6.07, 6.45) is 4.37. The Kier molecular flexibility index (Phi) is 6.05. The molecule has 106 valence electrons. The predicted octanol–water partition coefficient (Wildman–Crippen LogP) is 2.17. The first-order valence-corrected chi connectivity index (χ1v) is 6.66. The maximum Gasteiger partial charge on any atom is 0.321 e. The van der Waals surface area contributed by atoms with E-state index in [1.165, 1.54) is 12.5 Å². The third-order valence-electron chi connectivity index (χ3n) is 2.72. The third kappa shape index (κ3) is 6.03. The number of aromatic amines is 1. The molecule has 0 aliphatic carbocycles. The standard InChI is InChI=1S/C13H22N4O2/c1-4-5-6-7-9(2)15-13(19)17-12-14-10(3)8-11(18)16-12/h8-9H,4-7H2,1-3H3,(H3,14,15,16,17,18,19). The van der Waals surface area contributed by atoms with Gasteiger partial charge in [-0.25, -0.2) is 9.78 Å². The van der Waals surface area contributed by atoms with E-state index in [1.54, 1.807) is 6.92 Å². The molecule has 0 saturated carbocycles. The van der Waals surface area contributed by atoms with Gasteiger partial charge >= 0.3 is 6.03 Å². The van der Waals surface area contributed by atoms with Crippen molar-refractivity contribution in [3.05, 3.63) is 22.1 Å². The number of aromatic nitrogens is 2. The molecule has 1 rings (SSSR count). The van der Waals surface area contributed by atoms with E-state index in [4.69, 9.17) is 0 Å². The molecular weight excluding hydrogens is 244 g/mol. The average molecular weight is 266 g/mol. The van der Waals surface area contributed by atoms with Gasteiger partial charge in [-0.3, -0.25) is 15.1 Å². The number of unbranched alkanes of at least 4 members (excludes halogenated alkanes) is 2. The van der Waals surface area contributed by atoms with Gasteiger partial charge in [0.1, 0.15) is 0 Å². The van der Waals surface area contributed by atoms with Crippen LogP contribution in [0, 0.1) is 6.92 Å². The number of carbonyl (C=O) groups is 1. The van der Waals surface area contributed by atoms with Crippen molar-refractivity contribution in [1.29, 1.82) is 0 Å². The van der Waals surface area contributed by atoms with Crippen LogP contribution in [-0.4, -0.2) is 22.0 Å². The normalized spacial score (nSPS) is 11.9. The summed E-state index contributed by atoms with van der Waals surface area (Å²) in [5.41, 5.74) is 0.286. The largest absolute Gasteiger partial charge is 0.335 e. The van der Waals surface area contributed by atoms with Crippen molar-refractivity contribution in [2.45, 2.75) is 52.5 Å². The molecule has 2 amide bonds. The first-order chi connectivity index (χ1) is 9.01. The summed E-state index contributed by atoms with van der Waals surface area (Å²) in [4.78, 5) is 29.4. The highest BCUT2D eigenvalue weighted by Gasteiger charge is 2.08. The van der Waals surface area contributed by atoms with Crippen LogP contribution >= 0.6 is 0 Å². The summed E-state index contributed by atoms with van der Waals surface area (Å²) in [5.74, 6) is 0.170. The summed E-state index contributed by atoms with van der Waals surface area (Å²) < 4.78 is 0. The van der Waals surface area contributed by atoms with Crippen molar-refractivity contribution >= 4 is 12.0 Å². The van der Waals surface area contributed by atoms with Gasteiger partial charge < -0.3 is 5.32 Å². The van der Waals surface area contributed by atoms with Crippen LogP contribution in [0.3, 0.4) is 0 Å². The number of H-pyrrole nitrogens is 1. The summed E-state index contributed by atoms with van der Waals surface area (Å²) in [5, 5.41) is 5.34. The third-order valence-corrected chi connectivity index (χ3v) is 2.72. The summed E-state index contributed by atoms with van der Waals surface area (Å²) >= 11 is 0. The maximum atomic E-state index is 11.7. The van der Waals surface area contributed by atoms with Crippen LogP contribution in [0.5, 0.6) is 0 Å². The van der Waals surface area contributed by atoms with Crippen LogP contribution < -0.4 is 16.2 Å². The van der Waals surface area contributed by atoms with E-state index in [-0.39, 0.29) is 23.6 Å². The topological polar surface area (TPSA) is 86.9 Å². The van der Waals surface area contributed by atoms with Crippen LogP contribution in [0.15, 0.2) is 10.9 Å². The number of urea groups is 1. The van der Waals surface area contributed by atoms with Gasteiger partial charge in [0, 0.05) is 17.8 Å². The molecular formula is C13H22N4O2. The Morgan fingerprint density at radius 1 is 1.47 bits per heavy atom. The van der Waals surface area contributed by atoms with Gasteiger partial charge in [0.05, 0.1) is 0 Å². The van der Waals surface area contributed by atoms with Crippen LogP contribution in [0.4, 0.5) is 10.7 Å². The molecule has 0 aliphatic heterocycles. The summed E-state index contributed by atoms with van der Waals surface area (Å²) in [7, 11) is 0. The molecule has 1 aromatic rings. The summed E-state index contributed by atoms with van der Waals surface area (Å²) in [6, 6.07) is 1.12. The Morgan fingerprint density at radius 3 is 2.84 bits per heavy atom. The lowest BCUT2D eigenvalue weighted by Gasteiger charge is -2.14. The highest BCUT2D eigenvalue weighted by atomic mass is 16.2. The molecule has 6 nitrogen and oxygen atoms in total. The zero-order valence-electron chi connectivity index (χ0n) is 11.7. The lowest BCUT2D eigenvalue weighted by Crippen LogP contribution is -2.36. The molecule has 0 radical (unpaired) electrons. The number of nitrogens with zero attached hydrogens (tertiary/aromatic N) is 1. The van der Waals surface area contributed by atoms with E-state index in [0.29, 0.717) is 5.69 Å². The lowest BCUT2D eigenvalue weighted by atomic mass is 10.1. The molecule has 1 aromatic heterocycles. The molecule has 3 N–H and O–H groups in total. The van der Waals surface area contributed by atoms with Crippen molar-refractivity contribution in [1.82, 2.24) is 15.3 Å². The number of amides is 2. The van der Waals surface area contributed by atoms with Gasteiger partial charge in [0.2, 0.25) is 5.95 Å². The molecule has 0 fully saturated rings. The molecule has 0 spiro atoms. The fourth-order valence-corrected chi connectivity index (χ4v) is 1.78. The molecule has 1 unspecified atom stereocenters. The summed E-state index contributed by atoms with van der Waals surface area (Å²) in [6.45, 7) is 5.80. The molecule has 0 aromatic carbocycles. The van der Waals surface area contributed by atoms with Crippen molar-refractivity contribution in [3.63, 3.8) is 0 Å². The highest BCUT2D eigenvalue weighted by molar-refractivity contribution is 5.87. The molecule has 19 heavy (non-hydrogen) atoms. The number of nitrogens with one attached hydrogen (secondary N) is 3. The van der Waals surface area contributed by atoms with Gasteiger partial charge in [-0.1, -0.05) is 26.2 Å². The van der Waals surface area contributed by atoms with E-state index < -0.39 is 0 Å². The molecule has 0 bridgehead atoms. The van der Waals surface area contributed by atoms with Crippen LogP contribution in [0.25, 0.3) is 0 Å². The van der Waals surface area contributed by atoms with Crippen molar-refractivity contribution in [3.8, 4) is 0 Å². The van der Waals surface area contributed by atoms with Gasteiger partial charge in [-0.05, 0) is 20.3 Å². The fourth-order valence-electron chi connectivity index (χ4n) is 1.78. The Balaban J connectivity index is 2.44. The van der Waals surface area contributed by atoms with E-state index >= 15 is 0 Å². The zero-order chi connectivity index (χ0) is 14.3. The molecule has 6 heteroatoms. The van der Waals surface area contributed by atoms with E-state index in [0.717, 1.165) is 19.3 Å². The van der Waals surface area contributed by atoms with Gasteiger partial charge in [-0.2, -0.15) is 0 Å². The fraction of sp³-hybridized carbons (Fsp3) is 0.615. The second kappa shape index (κ2) is 7.56. The van der Waals surface area contributed by atoms with Crippen LogP contribution in [-0.2, 0) is 0 Å². The van der Waals surface area contributed by atoms with E-state index in [9.17, 15) is 9.59 Å². The maximum absolute atomic E-state index is 11.7. The zero-order valence-corrected chi connectivity index (χ0v) is 11.7. The Labute approximate surface area is 113 Å². The van der Waals surface area contributed by atoms with E-state index in [1.807, 2.05) is 6.92 Å². The van der Waals surface area contributed by atoms with Crippen molar-refractivity contribution < 1.29 is 4.79 Å². The van der Waals surface area contributed by atoms with Crippen LogP contribution in [0.1, 0.15) is 45.2 Å². The molecule has 0 saturated heterocycles. The highest BCUT2D eigenvalue weighted by Crippen LogP contribution is 2.03. The minimum Gasteiger partial charge on any atom is -0.335 e. The van der Waals surface area contributed by atoms with Crippen molar-refractivity contribution in [2.75, 3.05) is 5.32 Å². The second-order valence-electron chi connectivity index (χ2n) is 4.73. The first-order valence-electron chi connectivity index (χ1n) is 6.66. The smallest absolute Gasteiger partial charge is 0.321 e. The number of aryl methyl sites for hydroxylation is 1. The monoisotopic (exact) mass is 266 g/mol. The number of carbonyl (C=O) groups excluding carboxylic acids is 1. The number of hydrogen-bond acceptors (Lipinski definition) is 3. The lowest BCUT2D eigenvalue weighted by molar-refractivity contribution is 0.248. The minimum absolute atomic E-state index is 0.100. The van der Waals surface area contributed by atoms with E-state index in [2.05, 4.69) is 27.5 Å². The number of rotatable bonds is 6. The Bertz CT molecular complexity index is 470. The quantitative estimate of drug-likeness (QED) is 0.690. The second-order valence-corrected chi connectivity index (χ2v) is 4.73. The van der Waals surface area contributed by atoms with Crippen LogP contribution in [0.2, 0.25) is 0 Å². The average Bonchev–Trinajstić information content (AvgIpc) is 2.27. The predicted molar refractivity (Wildman–Crippen MR) is 75.4 cm³/mol. The van der Waals surface area contributed by atoms with Gasteiger partial charge in [0.15, 0.2) is 0 Å².